The van der Waals surface area contributed by atoms with Gasteiger partial charge in [-0.1, -0.05) is 30.3 Å². The minimum Gasteiger partial charge on any atom is -0.441 e. The van der Waals surface area contributed by atoms with E-state index in [-0.39, 0.29) is 24.3 Å². The molecule has 1 atom stereocenters. The number of oxazole rings is 1. The van der Waals surface area contributed by atoms with Crippen molar-refractivity contribution in [3.63, 3.8) is 0 Å². The van der Waals surface area contributed by atoms with Gasteiger partial charge >= 0.3 is 0 Å². The summed E-state index contributed by atoms with van der Waals surface area (Å²) in [4.78, 5) is 29.8. The van der Waals surface area contributed by atoms with Gasteiger partial charge in [0.1, 0.15) is 0 Å². The number of aromatic nitrogens is 1. The van der Waals surface area contributed by atoms with Gasteiger partial charge in [-0.3, -0.25) is 9.59 Å². The SMILES string of the molecule is NC(=O)C[C@@H]1CCCCN1C(=O)CCc1ncc(-c2ccccc2)o1. The van der Waals surface area contributed by atoms with Crippen LogP contribution in [-0.4, -0.2) is 34.3 Å². The van der Waals surface area contributed by atoms with Crippen LogP contribution in [0.25, 0.3) is 11.3 Å². The molecule has 3 rings (SSSR count). The number of rotatable bonds is 6. The first-order chi connectivity index (χ1) is 12.1. The van der Waals surface area contributed by atoms with Gasteiger partial charge in [-0.2, -0.15) is 0 Å². The Kier molecular flexibility index (Phi) is 5.48. The van der Waals surface area contributed by atoms with Crippen molar-refractivity contribution in [1.82, 2.24) is 9.88 Å². The van der Waals surface area contributed by atoms with Gasteiger partial charge in [0.2, 0.25) is 11.8 Å². The first kappa shape index (κ1) is 17.2. The number of benzene rings is 1. The molecule has 1 aromatic carbocycles. The molecule has 0 radical (unpaired) electrons. The zero-order chi connectivity index (χ0) is 17.6. The molecule has 2 aromatic rings. The summed E-state index contributed by atoms with van der Waals surface area (Å²) < 4.78 is 5.74. The molecule has 132 valence electrons. The second-order valence-electron chi connectivity index (χ2n) is 6.39. The summed E-state index contributed by atoms with van der Waals surface area (Å²) in [5, 5.41) is 0. The van der Waals surface area contributed by atoms with E-state index in [4.69, 9.17) is 10.2 Å². The standard InChI is InChI=1S/C19H23N3O3/c20-17(23)12-15-8-4-5-11-22(15)19(24)10-9-18-21-13-16(25-18)14-6-2-1-3-7-14/h1-3,6-7,13,15H,4-5,8-12H2,(H2,20,23)/t15-/m0/s1. The third-order valence-electron chi connectivity index (χ3n) is 4.55. The Hall–Kier alpha value is -2.63. The van der Waals surface area contributed by atoms with Crippen molar-refractivity contribution in [2.75, 3.05) is 6.54 Å². The molecule has 6 nitrogen and oxygen atoms in total. The van der Waals surface area contributed by atoms with Crippen LogP contribution in [0.1, 0.15) is 38.0 Å². The molecule has 0 aliphatic carbocycles. The number of hydrogen-bond donors (Lipinski definition) is 1. The molecule has 6 heteroatoms. The molecule has 2 N–H and O–H groups in total. The number of amides is 2. The average Bonchev–Trinajstić information content (AvgIpc) is 3.09. The van der Waals surface area contributed by atoms with E-state index >= 15 is 0 Å². The van der Waals surface area contributed by atoms with Crippen molar-refractivity contribution < 1.29 is 14.0 Å². The number of primary amides is 1. The Balaban J connectivity index is 1.58. The molecule has 0 spiro atoms. The van der Waals surface area contributed by atoms with Crippen LogP contribution in [0, 0.1) is 0 Å². The first-order valence-electron chi connectivity index (χ1n) is 8.71. The summed E-state index contributed by atoms with van der Waals surface area (Å²) in [6.45, 7) is 0.692. The van der Waals surface area contributed by atoms with Gasteiger partial charge < -0.3 is 15.1 Å². The van der Waals surface area contributed by atoms with Crippen LogP contribution in [0.4, 0.5) is 0 Å². The van der Waals surface area contributed by atoms with Crippen LogP contribution in [0.15, 0.2) is 40.9 Å². The molecule has 1 aliphatic rings. The van der Waals surface area contributed by atoms with E-state index in [9.17, 15) is 9.59 Å². The lowest BCUT2D eigenvalue weighted by Crippen LogP contribution is -2.45. The van der Waals surface area contributed by atoms with E-state index in [2.05, 4.69) is 4.98 Å². The second kappa shape index (κ2) is 7.96. The lowest BCUT2D eigenvalue weighted by molar-refractivity contribution is -0.135. The highest BCUT2D eigenvalue weighted by Gasteiger charge is 2.27. The molecular formula is C19H23N3O3. The van der Waals surface area contributed by atoms with E-state index in [0.29, 0.717) is 31.0 Å². The van der Waals surface area contributed by atoms with Crippen molar-refractivity contribution in [3.8, 4) is 11.3 Å². The maximum absolute atomic E-state index is 12.5. The number of piperidine rings is 1. The van der Waals surface area contributed by atoms with E-state index in [1.807, 2.05) is 30.3 Å². The van der Waals surface area contributed by atoms with Crippen LogP contribution in [0.5, 0.6) is 0 Å². The largest absolute Gasteiger partial charge is 0.441 e. The van der Waals surface area contributed by atoms with Gasteiger partial charge in [-0.15, -0.1) is 0 Å². The molecule has 1 aliphatic heterocycles. The Morgan fingerprint density at radius 1 is 1.24 bits per heavy atom. The third kappa shape index (κ3) is 4.47. The van der Waals surface area contributed by atoms with Crippen LogP contribution in [0.3, 0.4) is 0 Å². The number of nitrogens with zero attached hydrogens (tertiary/aromatic N) is 2. The Morgan fingerprint density at radius 2 is 2.04 bits per heavy atom. The van der Waals surface area contributed by atoms with Crippen molar-refractivity contribution in [3.05, 3.63) is 42.4 Å². The van der Waals surface area contributed by atoms with Crippen molar-refractivity contribution in [2.45, 2.75) is 44.6 Å². The van der Waals surface area contributed by atoms with E-state index < -0.39 is 0 Å². The smallest absolute Gasteiger partial charge is 0.223 e. The summed E-state index contributed by atoms with van der Waals surface area (Å²) in [7, 11) is 0. The maximum atomic E-state index is 12.5. The van der Waals surface area contributed by atoms with E-state index in [0.717, 1.165) is 24.8 Å². The fraction of sp³-hybridized carbons (Fsp3) is 0.421. The number of aryl methyl sites for hydroxylation is 1. The molecule has 0 saturated carbocycles. The van der Waals surface area contributed by atoms with Gasteiger partial charge in [0, 0.05) is 37.4 Å². The summed E-state index contributed by atoms with van der Waals surface area (Å²) in [5.74, 6) is 0.929. The number of hydrogen-bond acceptors (Lipinski definition) is 4. The van der Waals surface area contributed by atoms with Crippen LogP contribution in [0.2, 0.25) is 0 Å². The Morgan fingerprint density at radius 3 is 2.80 bits per heavy atom. The summed E-state index contributed by atoms with van der Waals surface area (Å²) in [6, 6.07) is 9.67. The van der Waals surface area contributed by atoms with E-state index in [1.54, 1.807) is 11.1 Å². The van der Waals surface area contributed by atoms with Gasteiger partial charge in [-0.05, 0) is 19.3 Å². The number of nitrogens with two attached hydrogens (primary N) is 1. The minimum atomic E-state index is -0.357. The molecule has 2 heterocycles. The Bertz CT molecular complexity index is 727. The highest BCUT2D eigenvalue weighted by atomic mass is 16.4. The van der Waals surface area contributed by atoms with E-state index in [1.165, 1.54) is 0 Å². The quantitative estimate of drug-likeness (QED) is 0.874. The summed E-state index contributed by atoms with van der Waals surface area (Å²) in [5.41, 5.74) is 6.27. The van der Waals surface area contributed by atoms with Crippen LogP contribution in [-0.2, 0) is 16.0 Å². The topological polar surface area (TPSA) is 89.4 Å². The monoisotopic (exact) mass is 341 g/mol. The zero-order valence-corrected chi connectivity index (χ0v) is 14.2. The van der Waals surface area contributed by atoms with Crippen LogP contribution >= 0.6 is 0 Å². The van der Waals surface area contributed by atoms with Gasteiger partial charge in [-0.25, -0.2) is 4.98 Å². The molecule has 1 saturated heterocycles. The normalized spacial score (nSPS) is 17.4. The fourth-order valence-corrected chi connectivity index (χ4v) is 3.29. The molecule has 25 heavy (non-hydrogen) atoms. The van der Waals surface area contributed by atoms with Crippen molar-refractivity contribution >= 4 is 11.8 Å². The molecule has 1 fully saturated rings. The first-order valence-corrected chi connectivity index (χ1v) is 8.71. The lowest BCUT2D eigenvalue weighted by atomic mass is 9.98. The van der Waals surface area contributed by atoms with Gasteiger partial charge in [0.05, 0.1) is 6.20 Å². The maximum Gasteiger partial charge on any atom is 0.223 e. The number of likely N-dealkylation sites (tertiary alicyclic amines) is 1. The molecule has 0 bridgehead atoms. The second-order valence-corrected chi connectivity index (χ2v) is 6.39. The summed E-state index contributed by atoms with van der Waals surface area (Å²) in [6.07, 6.45) is 5.54. The summed E-state index contributed by atoms with van der Waals surface area (Å²) >= 11 is 0. The average molecular weight is 341 g/mol. The van der Waals surface area contributed by atoms with Crippen LogP contribution < -0.4 is 5.73 Å². The highest BCUT2D eigenvalue weighted by molar-refractivity contribution is 5.79. The zero-order valence-electron chi connectivity index (χ0n) is 14.2. The predicted molar refractivity (Wildman–Crippen MR) is 93.4 cm³/mol. The molecule has 2 amide bonds. The minimum absolute atomic E-state index is 0.0328. The van der Waals surface area contributed by atoms with Crippen molar-refractivity contribution in [1.29, 1.82) is 0 Å². The van der Waals surface area contributed by atoms with Crippen molar-refractivity contribution in [2.24, 2.45) is 5.73 Å². The number of carbonyl (C=O) groups is 2. The molecule has 0 unspecified atom stereocenters. The Labute approximate surface area is 147 Å². The number of carbonyl (C=O) groups excluding carboxylic acids is 2. The van der Waals surface area contributed by atoms with Gasteiger partial charge in [0.15, 0.2) is 11.7 Å². The lowest BCUT2D eigenvalue weighted by Gasteiger charge is -2.35. The molecule has 1 aromatic heterocycles. The predicted octanol–water partition coefficient (Wildman–Crippen LogP) is 2.53. The van der Waals surface area contributed by atoms with Gasteiger partial charge in [0.25, 0.3) is 0 Å². The third-order valence-corrected chi connectivity index (χ3v) is 4.55. The molecular weight excluding hydrogens is 318 g/mol. The highest BCUT2D eigenvalue weighted by Crippen LogP contribution is 2.22. The fourth-order valence-electron chi connectivity index (χ4n) is 3.29.